The van der Waals surface area contributed by atoms with Gasteiger partial charge in [0.15, 0.2) is 5.82 Å². The van der Waals surface area contributed by atoms with E-state index in [1.165, 1.54) is 0 Å². The summed E-state index contributed by atoms with van der Waals surface area (Å²) in [6.45, 7) is 0. The number of anilines is 1. The van der Waals surface area contributed by atoms with Crippen molar-refractivity contribution in [1.82, 2.24) is 9.34 Å². The highest BCUT2D eigenvalue weighted by molar-refractivity contribution is 7.60. The number of para-hydroxylation sites is 1. The number of nitrogens with one attached hydrogen (secondary N) is 1. The molecular weight excluding hydrogens is 355 g/mol. The van der Waals surface area contributed by atoms with E-state index < -0.39 is 7.51 Å². The maximum atomic E-state index is 9.92. The minimum absolute atomic E-state index is 0.448. The first kappa shape index (κ1) is 19.1. The number of nitrogens with zero attached hydrogens (tertiary/aromatic N) is 5. The van der Waals surface area contributed by atoms with E-state index in [1.807, 2.05) is 98.2 Å². The third-order valence-electron chi connectivity index (χ3n) is 4.21. The summed E-state index contributed by atoms with van der Waals surface area (Å²) in [5.74, 6) is 0.549. The first-order chi connectivity index (χ1) is 13.0. The van der Waals surface area contributed by atoms with Gasteiger partial charge in [-0.05, 0) is 40.3 Å². The Morgan fingerprint density at radius 2 is 1.44 bits per heavy atom. The highest BCUT2D eigenvalue weighted by atomic mass is 31.2. The summed E-state index contributed by atoms with van der Waals surface area (Å²) in [5, 5.41) is 13.2. The van der Waals surface area contributed by atoms with Gasteiger partial charge in [-0.1, -0.05) is 48.5 Å². The van der Waals surface area contributed by atoms with Gasteiger partial charge in [-0.3, -0.25) is 0 Å². The number of rotatable bonds is 5. The molecule has 3 rings (SSSR count). The Morgan fingerprint density at radius 1 is 0.889 bits per heavy atom. The summed E-state index contributed by atoms with van der Waals surface area (Å²) >= 11 is 0. The van der Waals surface area contributed by atoms with E-state index in [9.17, 15) is 5.26 Å². The number of allylic oxidation sites excluding steroid dienone is 1. The summed E-state index contributed by atoms with van der Waals surface area (Å²) in [6.07, 6.45) is 0. The van der Waals surface area contributed by atoms with Crippen LogP contribution in [0.1, 0.15) is 5.56 Å². The van der Waals surface area contributed by atoms with Gasteiger partial charge in [0.25, 0.3) is 0 Å². The third-order valence-corrected chi connectivity index (χ3v) is 7.29. The first-order valence-electron chi connectivity index (χ1n) is 8.58. The molecule has 0 spiro atoms. The van der Waals surface area contributed by atoms with Gasteiger partial charge in [-0.25, -0.2) is 14.1 Å². The van der Waals surface area contributed by atoms with Gasteiger partial charge in [0.2, 0.25) is 7.51 Å². The SMILES string of the molecule is CN(C)P1(N(C)C)=NC(Nc2ccccc2)=C(C#N)C(c2ccccc2)=N1. The molecule has 2 aromatic carbocycles. The molecule has 27 heavy (non-hydrogen) atoms. The Balaban J connectivity index is 2.26. The van der Waals surface area contributed by atoms with Crippen LogP contribution in [0.25, 0.3) is 0 Å². The molecular formula is C20H23N6P. The predicted octanol–water partition coefficient (Wildman–Crippen LogP) is 4.41. The highest BCUT2D eigenvalue weighted by Crippen LogP contribution is 2.58. The zero-order valence-corrected chi connectivity index (χ0v) is 16.9. The van der Waals surface area contributed by atoms with E-state index in [0.717, 1.165) is 11.3 Å². The molecule has 0 saturated carbocycles. The molecule has 0 aromatic heterocycles. The van der Waals surface area contributed by atoms with E-state index in [1.54, 1.807) is 0 Å². The monoisotopic (exact) mass is 378 g/mol. The summed E-state index contributed by atoms with van der Waals surface area (Å²) in [5.41, 5.74) is 2.91. The van der Waals surface area contributed by atoms with Crippen LogP contribution >= 0.6 is 7.51 Å². The van der Waals surface area contributed by atoms with Crippen LogP contribution in [0, 0.1) is 11.3 Å². The Morgan fingerprint density at radius 3 is 1.96 bits per heavy atom. The fourth-order valence-electron chi connectivity index (χ4n) is 2.87. The minimum atomic E-state index is -2.39. The lowest BCUT2D eigenvalue weighted by Gasteiger charge is -2.35. The van der Waals surface area contributed by atoms with Crippen LogP contribution in [0.2, 0.25) is 0 Å². The van der Waals surface area contributed by atoms with Gasteiger partial charge < -0.3 is 5.32 Å². The molecule has 0 unspecified atom stereocenters. The van der Waals surface area contributed by atoms with Crippen LogP contribution in [0.4, 0.5) is 5.69 Å². The van der Waals surface area contributed by atoms with Crippen LogP contribution in [0.15, 0.2) is 81.6 Å². The maximum Gasteiger partial charge on any atom is 0.217 e. The minimum Gasteiger partial charge on any atom is -0.339 e. The first-order valence-corrected chi connectivity index (χ1v) is 10.2. The van der Waals surface area contributed by atoms with E-state index in [0.29, 0.717) is 17.1 Å². The molecule has 1 aliphatic heterocycles. The molecule has 1 N–H and O–H groups in total. The van der Waals surface area contributed by atoms with E-state index in [2.05, 4.69) is 11.4 Å². The molecule has 2 aromatic rings. The maximum absolute atomic E-state index is 9.92. The Hall–Kier alpha value is -2.71. The van der Waals surface area contributed by atoms with Crippen LogP contribution in [-0.2, 0) is 0 Å². The average Bonchev–Trinajstić information content (AvgIpc) is 2.68. The van der Waals surface area contributed by atoms with Crippen LogP contribution in [0.3, 0.4) is 0 Å². The molecule has 0 aliphatic carbocycles. The second-order valence-corrected chi connectivity index (χ2v) is 9.55. The molecule has 7 heteroatoms. The highest BCUT2D eigenvalue weighted by Gasteiger charge is 2.33. The van der Waals surface area contributed by atoms with Crippen molar-refractivity contribution in [3.8, 4) is 6.07 Å². The standard InChI is InChI=1S/C20H23N6P/c1-25(2)27(26(3)4)23-19(16-11-7-5-8-12-16)18(15-21)20(24-27)22-17-13-9-6-10-14-17/h5-14,22H,1-4H3. The second-order valence-electron chi connectivity index (χ2n) is 6.47. The largest absolute Gasteiger partial charge is 0.339 e. The van der Waals surface area contributed by atoms with Crippen molar-refractivity contribution in [3.63, 3.8) is 0 Å². The molecule has 6 nitrogen and oxygen atoms in total. The Bertz CT molecular complexity index is 957. The topological polar surface area (TPSA) is 67.0 Å². The zero-order valence-electron chi connectivity index (χ0n) is 16.0. The van der Waals surface area contributed by atoms with Crippen molar-refractivity contribution in [2.24, 2.45) is 9.51 Å². The van der Waals surface area contributed by atoms with Crippen LogP contribution in [-0.4, -0.2) is 43.2 Å². The Labute approximate surface area is 160 Å². The molecule has 0 atom stereocenters. The average molecular weight is 378 g/mol. The lowest BCUT2D eigenvalue weighted by molar-refractivity contribution is 0.559. The van der Waals surface area contributed by atoms with Crippen molar-refractivity contribution >= 4 is 18.9 Å². The Kier molecular flexibility index (Phi) is 5.57. The zero-order chi connectivity index (χ0) is 19.4. The van der Waals surface area contributed by atoms with Crippen molar-refractivity contribution in [2.75, 3.05) is 33.5 Å². The molecule has 1 aliphatic rings. The molecule has 0 amide bonds. The summed E-state index contributed by atoms with van der Waals surface area (Å²) in [4.78, 5) is 0. The van der Waals surface area contributed by atoms with Gasteiger partial charge >= 0.3 is 0 Å². The molecule has 0 fully saturated rings. The smallest absolute Gasteiger partial charge is 0.217 e. The van der Waals surface area contributed by atoms with Gasteiger partial charge in [-0.2, -0.15) is 10.0 Å². The number of hydrogen-bond donors (Lipinski definition) is 1. The second kappa shape index (κ2) is 7.89. The van der Waals surface area contributed by atoms with E-state index in [4.69, 9.17) is 9.51 Å². The fraction of sp³-hybridized carbons (Fsp3) is 0.200. The van der Waals surface area contributed by atoms with Gasteiger partial charge in [0.05, 0.1) is 5.71 Å². The van der Waals surface area contributed by atoms with Crippen molar-refractivity contribution in [2.45, 2.75) is 0 Å². The van der Waals surface area contributed by atoms with Crippen molar-refractivity contribution < 1.29 is 0 Å². The van der Waals surface area contributed by atoms with E-state index in [-0.39, 0.29) is 0 Å². The number of nitriles is 1. The quantitative estimate of drug-likeness (QED) is 0.783. The van der Waals surface area contributed by atoms with Crippen LogP contribution in [0.5, 0.6) is 0 Å². The van der Waals surface area contributed by atoms with Gasteiger partial charge in [0.1, 0.15) is 11.6 Å². The normalized spacial score (nSPS) is 16.0. The third kappa shape index (κ3) is 3.72. The lowest BCUT2D eigenvalue weighted by atomic mass is 10.0. The number of benzene rings is 2. The molecule has 0 radical (unpaired) electrons. The van der Waals surface area contributed by atoms with Crippen molar-refractivity contribution in [1.29, 1.82) is 5.26 Å². The summed E-state index contributed by atoms with van der Waals surface area (Å²) in [7, 11) is 5.50. The molecule has 1 heterocycles. The fourth-order valence-corrected chi connectivity index (χ4v) is 5.25. The molecule has 0 bridgehead atoms. The van der Waals surface area contributed by atoms with Crippen LogP contribution < -0.4 is 5.32 Å². The molecule has 0 saturated heterocycles. The summed E-state index contributed by atoms with van der Waals surface area (Å²) < 4.78 is 14.1. The van der Waals surface area contributed by atoms with Gasteiger partial charge in [0, 0.05) is 11.3 Å². The number of hydrogen-bond acceptors (Lipinski definition) is 6. The van der Waals surface area contributed by atoms with Gasteiger partial charge in [-0.15, -0.1) is 0 Å². The van der Waals surface area contributed by atoms with E-state index >= 15 is 0 Å². The molecule has 138 valence electrons. The summed E-state index contributed by atoms with van der Waals surface area (Å²) in [6, 6.07) is 21.9. The lowest BCUT2D eigenvalue weighted by Crippen LogP contribution is -2.25. The predicted molar refractivity (Wildman–Crippen MR) is 112 cm³/mol. The van der Waals surface area contributed by atoms with Crippen molar-refractivity contribution in [3.05, 3.63) is 77.6 Å².